The van der Waals surface area contributed by atoms with Crippen LogP contribution in [0.1, 0.15) is 21.5 Å². The molecule has 2 aromatic rings. The molecule has 0 fully saturated rings. The second-order valence-electron chi connectivity index (χ2n) is 4.92. The lowest BCUT2D eigenvalue weighted by atomic mass is 10.1. The minimum absolute atomic E-state index is 0.0912. The van der Waals surface area contributed by atoms with E-state index >= 15 is 0 Å². The minimum atomic E-state index is -1.23. The van der Waals surface area contributed by atoms with Gasteiger partial charge in [0, 0.05) is 5.69 Å². The number of hydrogen-bond acceptors (Lipinski definition) is 5. The zero-order valence-corrected chi connectivity index (χ0v) is 12.6. The van der Waals surface area contributed by atoms with Gasteiger partial charge in [-0.2, -0.15) is 5.10 Å². The highest BCUT2D eigenvalue weighted by Gasteiger charge is 1.99. The van der Waals surface area contributed by atoms with Gasteiger partial charge in [0.1, 0.15) is 0 Å². The fourth-order valence-electron chi connectivity index (χ4n) is 1.78. The molecule has 0 heterocycles. The Hall–Kier alpha value is -3.15. The molecule has 0 aromatic heterocycles. The van der Waals surface area contributed by atoms with Crippen LogP contribution in [0.2, 0.25) is 0 Å². The van der Waals surface area contributed by atoms with E-state index in [-0.39, 0.29) is 18.0 Å². The molecule has 0 radical (unpaired) electrons. The summed E-state index contributed by atoms with van der Waals surface area (Å²) in [5.41, 5.74) is 5.15. The van der Waals surface area contributed by atoms with Crippen molar-refractivity contribution < 1.29 is 14.7 Å². The lowest BCUT2D eigenvalue weighted by Gasteiger charge is -2.05. The van der Waals surface area contributed by atoms with Crippen LogP contribution in [-0.4, -0.2) is 24.6 Å². The molecule has 2 aromatic carbocycles. The summed E-state index contributed by atoms with van der Waals surface area (Å²) in [7, 11) is 0. The van der Waals surface area contributed by atoms with E-state index < -0.39 is 5.97 Å². The predicted molar refractivity (Wildman–Crippen MR) is 86.2 cm³/mol. The normalized spacial score (nSPS) is 10.5. The van der Waals surface area contributed by atoms with Crippen molar-refractivity contribution in [2.24, 2.45) is 5.10 Å². The van der Waals surface area contributed by atoms with Gasteiger partial charge in [-0.25, -0.2) is 5.43 Å². The number of rotatable bonds is 6. The number of aryl methyl sites for hydroxylation is 1. The summed E-state index contributed by atoms with van der Waals surface area (Å²) in [6.07, 6.45) is 1.43. The van der Waals surface area contributed by atoms with Crippen molar-refractivity contribution in [1.82, 2.24) is 5.43 Å². The fraction of sp³-hybridized carbons (Fsp3) is 0.118. The second kappa shape index (κ2) is 7.74. The number of anilines is 1. The Morgan fingerprint density at radius 1 is 1.09 bits per heavy atom. The highest BCUT2D eigenvalue weighted by Crippen LogP contribution is 2.07. The van der Waals surface area contributed by atoms with Crippen LogP contribution in [-0.2, 0) is 4.79 Å². The molecule has 0 saturated heterocycles. The van der Waals surface area contributed by atoms with Crippen molar-refractivity contribution >= 4 is 23.8 Å². The number of benzene rings is 2. The third kappa shape index (κ3) is 5.28. The van der Waals surface area contributed by atoms with E-state index in [0.717, 1.165) is 11.3 Å². The molecule has 118 valence electrons. The SMILES string of the molecule is Cc1ccc(NCC(=O)N/N=C\c2ccc(C(=O)[O-])cc2)cc1. The van der Waals surface area contributed by atoms with Gasteiger partial charge in [0.2, 0.25) is 0 Å². The van der Waals surface area contributed by atoms with Crippen LogP contribution in [0.4, 0.5) is 5.69 Å². The van der Waals surface area contributed by atoms with Crippen LogP contribution < -0.4 is 15.8 Å². The van der Waals surface area contributed by atoms with Gasteiger partial charge in [-0.15, -0.1) is 0 Å². The van der Waals surface area contributed by atoms with Gasteiger partial charge in [0.05, 0.1) is 18.7 Å². The first-order chi connectivity index (χ1) is 11.0. The first kappa shape index (κ1) is 16.2. The van der Waals surface area contributed by atoms with E-state index in [1.54, 1.807) is 12.1 Å². The molecule has 2 rings (SSSR count). The Balaban J connectivity index is 1.79. The maximum absolute atomic E-state index is 11.6. The third-order valence-corrected chi connectivity index (χ3v) is 3.05. The Kier molecular flexibility index (Phi) is 5.46. The minimum Gasteiger partial charge on any atom is -0.545 e. The van der Waals surface area contributed by atoms with Gasteiger partial charge in [0.25, 0.3) is 5.91 Å². The molecule has 0 aliphatic heterocycles. The second-order valence-corrected chi connectivity index (χ2v) is 4.92. The van der Waals surface area contributed by atoms with Crippen LogP contribution in [0.15, 0.2) is 53.6 Å². The van der Waals surface area contributed by atoms with E-state index in [0.29, 0.717) is 5.56 Å². The number of carboxylic acid groups (broad SMARTS) is 1. The van der Waals surface area contributed by atoms with Gasteiger partial charge in [-0.05, 0) is 30.2 Å². The summed E-state index contributed by atoms with van der Waals surface area (Å²) in [6.45, 7) is 2.09. The van der Waals surface area contributed by atoms with Gasteiger partial charge >= 0.3 is 0 Å². The van der Waals surface area contributed by atoms with Gasteiger partial charge < -0.3 is 15.2 Å². The highest BCUT2D eigenvalue weighted by atomic mass is 16.4. The molecule has 0 bridgehead atoms. The Morgan fingerprint density at radius 3 is 2.35 bits per heavy atom. The number of hydrazone groups is 1. The smallest absolute Gasteiger partial charge is 0.259 e. The summed E-state index contributed by atoms with van der Waals surface area (Å²) < 4.78 is 0. The monoisotopic (exact) mass is 310 g/mol. The summed E-state index contributed by atoms with van der Waals surface area (Å²) in [5, 5.41) is 17.4. The molecular formula is C17H16N3O3-. The summed E-state index contributed by atoms with van der Waals surface area (Å²) >= 11 is 0. The summed E-state index contributed by atoms with van der Waals surface area (Å²) in [4.78, 5) is 22.3. The van der Waals surface area contributed by atoms with Crippen LogP contribution in [0.3, 0.4) is 0 Å². The highest BCUT2D eigenvalue weighted by molar-refractivity contribution is 5.88. The van der Waals surface area contributed by atoms with Crippen LogP contribution in [0.5, 0.6) is 0 Å². The summed E-state index contributed by atoms with van der Waals surface area (Å²) in [5.74, 6) is -1.52. The van der Waals surface area contributed by atoms with E-state index in [4.69, 9.17) is 0 Å². The Bertz CT molecular complexity index is 707. The van der Waals surface area contributed by atoms with Crippen molar-refractivity contribution in [3.8, 4) is 0 Å². The number of carboxylic acids is 1. The maximum atomic E-state index is 11.6. The van der Waals surface area contributed by atoms with Crippen molar-refractivity contribution in [2.45, 2.75) is 6.92 Å². The van der Waals surface area contributed by atoms with Gasteiger partial charge in [0.15, 0.2) is 0 Å². The number of nitrogens with one attached hydrogen (secondary N) is 2. The Morgan fingerprint density at radius 2 is 1.74 bits per heavy atom. The number of amides is 1. The molecule has 0 aliphatic carbocycles. The van der Waals surface area contributed by atoms with Gasteiger partial charge in [-0.3, -0.25) is 4.79 Å². The van der Waals surface area contributed by atoms with Crippen LogP contribution in [0, 0.1) is 6.92 Å². The largest absolute Gasteiger partial charge is 0.545 e. The molecule has 23 heavy (non-hydrogen) atoms. The molecule has 0 unspecified atom stereocenters. The number of hydrogen-bond donors (Lipinski definition) is 2. The molecular weight excluding hydrogens is 294 g/mol. The fourth-order valence-corrected chi connectivity index (χ4v) is 1.78. The number of carbonyl (C=O) groups is 2. The number of carbonyl (C=O) groups excluding carboxylic acids is 2. The third-order valence-electron chi connectivity index (χ3n) is 3.05. The van der Waals surface area contributed by atoms with Crippen LogP contribution in [0.25, 0.3) is 0 Å². The van der Waals surface area contributed by atoms with E-state index in [9.17, 15) is 14.7 Å². The molecule has 1 amide bonds. The molecule has 0 spiro atoms. The first-order valence-corrected chi connectivity index (χ1v) is 6.98. The molecule has 2 N–H and O–H groups in total. The van der Waals surface area contributed by atoms with E-state index in [1.165, 1.54) is 18.3 Å². The standard InChI is InChI=1S/C17H17N3O3/c1-12-2-8-15(9-3-12)18-11-16(21)20-19-10-13-4-6-14(7-5-13)17(22)23/h2-10,18H,11H2,1H3,(H,20,21)(H,22,23)/p-1/b19-10-. The predicted octanol–water partition coefficient (Wildman–Crippen LogP) is 0.921. The molecule has 6 heteroatoms. The van der Waals surface area contributed by atoms with Crippen molar-refractivity contribution in [2.75, 3.05) is 11.9 Å². The molecule has 6 nitrogen and oxygen atoms in total. The summed E-state index contributed by atoms with van der Waals surface area (Å²) in [6, 6.07) is 13.7. The molecule has 0 saturated carbocycles. The van der Waals surface area contributed by atoms with E-state index in [1.807, 2.05) is 31.2 Å². The van der Waals surface area contributed by atoms with Crippen molar-refractivity contribution in [3.05, 3.63) is 65.2 Å². The topological polar surface area (TPSA) is 93.6 Å². The Labute approximate surface area is 133 Å². The van der Waals surface area contributed by atoms with E-state index in [2.05, 4.69) is 15.8 Å². The van der Waals surface area contributed by atoms with Crippen LogP contribution >= 0.6 is 0 Å². The number of aromatic carboxylic acids is 1. The van der Waals surface area contributed by atoms with Crippen molar-refractivity contribution in [1.29, 1.82) is 0 Å². The van der Waals surface area contributed by atoms with Crippen molar-refractivity contribution in [3.63, 3.8) is 0 Å². The average molecular weight is 310 g/mol. The zero-order chi connectivity index (χ0) is 16.7. The number of nitrogens with zero attached hydrogens (tertiary/aromatic N) is 1. The maximum Gasteiger partial charge on any atom is 0.259 e. The lowest BCUT2D eigenvalue weighted by Crippen LogP contribution is -2.25. The molecule has 0 aliphatic rings. The average Bonchev–Trinajstić information content (AvgIpc) is 2.55. The quantitative estimate of drug-likeness (QED) is 0.613. The lowest BCUT2D eigenvalue weighted by molar-refractivity contribution is -0.255. The molecule has 0 atom stereocenters. The van der Waals surface area contributed by atoms with Gasteiger partial charge in [-0.1, -0.05) is 42.0 Å². The zero-order valence-electron chi connectivity index (χ0n) is 12.6. The first-order valence-electron chi connectivity index (χ1n) is 6.98.